The van der Waals surface area contributed by atoms with E-state index in [2.05, 4.69) is 5.32 Å². The molecule has 0 aromatic heterocycles. The SMILES string of the molecule is COCC(NC(=O)N1CCC(C)C(O)C1)c1ccc(F)c(F)c1. The van der Waals surface area contributed by atoms with E-state index in [1.165, 1.54) is 18.1 Å². The van der Waals surface area contributed by atoms with E-state index < -0.39 is 23.8 Å². The number of hydrogen-bond acceptors (Lipinski definition) is 3. The number of benzene rings is 1. The Balaban J connectivity index is 2.06. The summed E-state index contributed by atoms with van der Waals surface area (Å²) < 4.78 is 31.5. The second-order valence-electron chi connectivity index (χ2n) is 5.91. The van der Waals surface area contributed by atoms with Gasteiger partial charge < -0.3 is 20.1 Å². The van der Waals surface area contributed by atoms with Crippen LogP contribution < -0.4 is 5.32 Å². The lowest BCUT2D eigenvalue weighted by molar-refractivity contribution is 0.0420. The van der Waals surface area contributed by atoms with Gasteiger partial charge in [0.25, 0.3) is 0 Å². The van der Waals surface area contributed by atoms with Crippen LogP contribution in [0.15, 0.2) is 18.2 Å². The van der Waals surface area contributed by atoms with Crippen LogP contribution in [-0.2, 0) is 4.74 Å². The van der Waals surface area contributed by atoms with Crippen molar-refractivity contribution < 1.29 is 23.4 Å². The number of likely N-dealkylation sites (tertiary alicyclic amines) is 1. The number of carbonyl (C=O) groups excluding carboxylic acids is 1. The number of halogens is 2. The summed E-state index contributed by atoms with van der Waals surface area (Å²) >= 11 is 0. The molecule has 23 heavy (non-hydrogen) atoms. The normalized spacial score (nSPS) is 22.7. The smallest absolute Gasteiger partial charge is 0.318 e. The van der Waals surface area contributed by atoms with Crippen LogP contribution in [0.2, 0.25) is 0 Å². The number of carbonyl (C=O) groups is 1. The van der Waals surface area contributed by atoms with Crippen molar-refractivity contribution in [1.29, 1.82) is 0 Å². The summed E-state index contributed by atoms with van der Waals surface area (Å²) in [6.45, 7) is 2.87. The van der Waals surface area contributed by atoms with Crippen molar-refractivity contribution in [3.8, 4) is 0 Å². The average molecular weight is 328 g/mol. The Morgan fingerprint density at radius 1 is 1.48 bits per heavy atom. The van der Waals surface area contributed by atoms with Gasteiger partial charge in [-0.25, -0.2) is 13.6 Å². The Kier molecular flexibility index (Phi) is 5.90. The summed E-state index contributed by atoms with van der Waals surface area (Å²) in [5.41, 5.74) is 0.421. The van der Waals surface area contributed by atoms with Crippen LogP contribution in [0.3, 0.4) is 0 Å². The third-order valence-electron chi connectivity index (χ3n) is 4.18. The Bertz CT molecular complexity index is 556. The molecule has 1 heterocycles. The fourth-order valence-electron chi connectivity index (χ4n) is 2.59. The standard InChI is InChI=1S/C16H22F2N2O3/c1-10-5-6-20(8-15(10)21)16(22)19-14(9-23-2)11-3-4-12(17)13(18)7-11/h3-4,7,10,14-15,21H,5-6,8-9H2,1-2H3,(H,19,22). The highest BCUT2D eigenvalue weighted by molar-refractivity contribution is 5.75. The van der Waals surface area contributed by atoms with Gasteiger partial charge in [-0.3, -0.25) is 0 Å². The fourth-order valence-corrected chi connectivity index (χ4v) is 2.59. The molecule has 0 radical (unpaired) electrons. The molecular formula is C16H22F2N2O3. The Hall–Kier alpha value is -1.73. The van der Waals surface area contributed by atoms with Gasteiger partial charge in [-0.05, 0) is 30.0 Å². The van der Waals surface area contributed by atoms with Gasteiger partial charge in [0.2, 0.25) is 0 Å². The molecule has 7 heteroatoms. The molecule has 1 aromatic carbocycles. The minimum atomic E-state index is -0.972. The highest BCUT2D eigenvalue weighted by Crippen LogP contribution is 2.20. The Labute approximate surface area is 134 Å². The molecule has 1 aromatic rings. The molecule has 2 rings (SSSR count). The molecule has 0 spiro atoms. The molecule has 0 aliphatic carbocycles. The van der Waals surface area contributed by atoms with E-state index in [0.29, 0.717) is 18.5 Å². The minimum absolute atomic E-state index is 0.129. The molecule has 1 aliphatic rings. The van der Waals surface area contributed by atoms with Gasteiger partial charge in [-0.15, -0.1) is 0 Å². The van der Waals surface area contributed by atoms with E-state index in [0.717, 1.165) is 12.1 Å². The van der Waals surface area contributed by atoms with E-state index in [1.807, 2.05) is 6.92 Å². The molecule has 1 saturated heterocycles. The molecule has 2 amide bonds. The van der Waals surface area contributed by atoms with Crippen molar-refractivity contribution in [2.75, 3.05) is 26.8 Å². The van der Waals surface area contributed by atoms with Crippen LogP contribution in [-0.4, -0.2) is 48.9 Å². The highest BCUT2D eigenvalue weighted by Gasteiger charge is 2.28. The topological polar surface area (TPSA) is 61.8 Å². The summed E-state index contributed by atoms with van der Waals surface area (Å²) in [6, 6.07) is 2.52. The average Bonchev–Trinajstić information content (AvgIpc) is 2.52. The molecule has 128 valence electrons. The quantitative estimate of drug-likeness (QED) is 0.889. The number of hydrogen-bond donors (Lipinski definition) is 2. The Morgan fingerprint density at radius 2 is 2.22 bits per heavy atom. The van der Waals surface area contributed by atoms with Crippen LogP contribution in [0.25, 0.3) is 0 Å². The van der Waals surface area contributed by atoms with Crippen molar-refractivity contribution in [3.63, 3.8) is 0 Å². The van der Waals surface area contributed by atoms with E-state index >= 15 is 0 Å². The molecule has 0 saturated carbocycles. The third kappa shape index (κ3) is 4.39. The van der Waals surface area contributed by atoms with Crippen LogP contribution in [0, 0.1) is 17.6 Å². The molecule has 5 nitrogen and oxygen atoms in total. The van der Waals surface area contributed by atoms with Gasteiger partial charge in [0.1, 0.15) is 0 Å². The molecule has 1 aliphatic heterocycles. The van der Waals surface area contributed by atoms with E-state index in [1.54, 1.807) is 0 Å². The van der Waals surface area contributed by atoms with Crippen molar-refractivity contribution in [1.82, 2.24) is 10.2 Å². The molecular weight excluding hydrogens is 306 g/mol. The van der Waals surface area contributed by atoms with Gasteiger partial charge in [0.05, 0.1) is 18.8 Å². The van der Waals surface area contributed by atoms with E-state index in [9.17, 15) is 18.7 Å². The van der Waals surface area contributed by atoms with Crippen molar-refractivity contribution >= 4 is 6.03 Å². The summed E-state index contributed by atoms with van der Waals surface area (Å²) in [6.07, 6.45) is 0.160. The summed E-state index contributed by atoms with van der Waals surface area (Å²) in [5.74, 6) is -1.76. The molecule has 0 bridgehead atoms. The number of piperidine rings is 1. The monoisotopic (exact) mass is 328 g/mol. The predicted octanol–water partition coefficient (Wildman–Crippen LogP) is 2.06. The highest BCUT2D eigenvalue weighted by atomic mass is 19.2. The number of aliphatic hydroxyl groups excluding tert-OH is 1. The van der Waals surface area contributed by atoms with Crippen LogP contribution in [0.4, 0.5) is 13.6 Å². The summed E-state index contributed by atoms with van der Waals surface area (Å²) in [7, 11) is 1.46. The molecule has 3 atom stereocenters. The number of rotatable bonds is 4. The summed E-state index contributed by atoms with van der Waals surface area (Å²) in [5, 5.41) is 12.6. The maximum Gasteiger partial charge on any atom is 0.318 e. The molecule has 2 N–H and O–H groups in total. The zero-order valence-electron chi connectivity index (χ0n) is 13.3. The minimum Gasteiger partial charge on any atom is -0.391 e. The van der Waals surface area contributed by atoms with Crippen molar-refractivity contribution in [2.45, 2.75) is 25.5 Å². The lowest BCUT2D eigenvalue weighted by Crippen LogP contribution is -2.50. The predicted molar refractivity (Wildman–Crippen MR) is 80.9 cm³/mol. The largest absolute Gasteiger partial charge is 0.391 e. The number of aliphatic hydroxyl groups is 1. The summed E-state index contributed by atoms with van der Waals surface area (Å²) in [4.78, 5) is 13.9. The third-order valence-corrected chi connectivity index (χ3v) is 4.18. The second kappa shape index (κ2) is 7.70. The first-order valence-electron chi connectivity index (χ1n) is 7.59. The fraction of sp³-hybridized carbons (Fsp3) is 0.562. The van der Waals surface area contributed by atoms with E-state index in [4.69, 9.17) is 4.74 Å². The lowest BCUT2D eigenvalue weighted by Gasteiger charge is -2.35. The van der Waals surface area contributed by atoms with Gasteiger partial charge in [0, 0.05) is 20.2 Å². The maximum absolute atomic E-state index is 13.4. The van der Waals surface area contributed by atoms with Gasteiger partial charge in [-0.2, -0.15) is 0 Å². The number of nitrogens with one attached hydrogen (secondary N) is 1. The first kappa shape index (κ1) is 17.6. The second-order valence-corrected chi connectivity index (χ2v) is 5.91. The first-order valence-corrected chi connectivity index (χ1v) is 7.59. The number of urea groups is 1. The van der Waals surface area contributed by atoms with Gasteiger partial charge in [0.15, 0.2) is 11.6 Å². The molecule has 3 unspecified atom stereocenters. The zero-order chi connectivity index (χ0) is 17.0. The lowest BCUT2D eigenvalue weighted by atomic mass is 9.96. The van der Waals surface area contributed by atoms with E-state index in [-0.39, 0.29) is 25.1 Å². The number of methoxy groups -OCH3 is 1. The van der Waals surface area contributed by atoms with Crippen molar-refractivity contribution in [3.05, 3.63) is 35.4 Å². The van der Waals surface area contributed by atoms with Gasteiger partial charge >= 0.3 is 6.03 Å². The molecule has 1 fully saturated rings. The zero-order valence-corrected chi connectivity index (χ0v) is 13.3. The van der Waals surface area contributed by atoms with Crippen molar-refractivity contribution in [2.24, 2.45) is 5.92 Å². The Morgan fingerprint density at radius 3 is 2.83 bits per heavy atom. The maximum atomic E-state index is 13.4. The number of β-amino-alcohol motifs (C(OH)–C–C–N with tert-alkyl or cyclic N) is 1. The van der Waals surface area contributed by atoms with Gasteiger partial charge in [-0.1, -0.05) is 13.0 Å². The number of amides is 2. The van der Waals surface area contributed by atoms with Crippen LogP contribution >= 0.6 is 0 Å². The van der Waals surface area contributed by atoms with Crippen LogP contribution in [0.5, 0.6) is 0 Å². The first-order chi connectivity index (χ1) is 10.9. The number of nitrogens with zero attached hydrogens (tertiary/aromatic N) is 1. The number of ether oxygens (including phenoxy) is 1. The van der Waals surface area contributed by atoms with Crippen LogP contribution in [0.1, 0.15) is 24.9 Å².